The zero-order valence-electron chi connectivity index (χ0n) is 8.70. The molecule has 0 bridgehead atoms. The van der Waals surface area contributed by atoms with Crippen LogP contribution in [-0.2, 0) is 4.74 Å². The molecule has 0 aliphatic carbocycles. The van der Waals surface area contributed by atoms with E-state index in [2.05, 4.69) is 14.1 Å². The Morgan fingerprint density at radius 2 is 2.20 bits per heavy atom. The summed E-state index contributed by atoms with van der Waals surface area (Å²) in [4.78, 5) is 15.7. The first kappa shape index (κ1) is 10.0. The van der Waals surface area contributed by atoms with Gasteiger partial charge in [-0.2, -0.15) is 4.37 Å². The van der Waals surface area contributed by atoms with Gasteiger partial charge >= 0.3 is 5.97 Å². The highest BCUT2D eigenvalue weighted by Gasteiger charge is 2.17. The van der Waals surface area contributed by atoms with Crippen molar-refractivity contribution in [3.8, 4) is 0 Å². The molecule has 0 fully saturated rings. The summed E-state index contributed by atoms with van der Waals surface area (Å²) in [6, 6.07) is 1.97. The number of aromatic nitrogens is 2. The number of rotatable bonds is 1. The second-order valence-corrected chi connectivity index (χ2v) is 4.05. The monoisotopic (exact) mass is 222 g/mol. The fraction of sp³-hybridized carbons (Fsp3) is 0.300. The molecular weight excluding hydrogens is 212 g/mol. The second kappa shape index (κ2) is 3.58. The van der Waals surface area contributed by atoms with Crippen LogP contribution in [0, 0.1) is 13.8 Å². The Morgan fingerprint density at radius 3 is 2.87 bits per heavy atom. The van der Waals surface area contributed by atoms with Crippen molar-refractivity contribution in [3.05, 3.63) is 23.0 Å². The van der Waals surface area contributed by atoms with Crippen molar-refractivity contribution >= 4 is 27.7 Å². The number of ether oxygens (including phenoxy) is 1. The van der Waals surface area contributed by atoms with Crippen LogP contribution >= 0.6 is 11.5 Å². The third kappa shape index (κ3) is 1.59. The van der Waals surface area contributed by atoms with Crippen LogP contribution in [0.1, 0.15) is 21.7 Å². The van der Waals surface area contributed by atoms with Gasteiger partial charge in [-0.15, -0.1) is 0 Å². The summed E-state index contributed by atoms with van der Waals surface area (Å²) in [7, 11) is 1.34. The van der Waals surface area contributed by atoms with Crippen LogP contribution in [0.2, 0.25) is 0 Å². The zero-order valence-corrected chi connectivity index (χ0v) is 9.51. The fourth-order valence-corrected chi connectivity index (χ4v) is 2.24. The van der Waals surface area contributed by atoms with Crippen molar-refractivity contribution in [1.82, 2.24) is 9.36 Å². The first-order valence-corrected chi connectivity index (χ1v) is 5.22. The fourth-order valence-electron chi connectivity index (χ4n) is 1.47. The van der Waals surface area contributed by atoms with Crippen molar-refractivity contribution in [1.29, 1.82) is 0 Å². The maximum Gasteiger partial charge on any atom is 0.360 e. The maximum atomic E-state index is 11.4. The third-order valence-electron chi connectivity index (χ3n) is 2.12. The SMILES string of the molecule is COC(=O)c1nsc2c(C)cc(C)nc12. The Labute approximate surface area is 91.1 Å². The largest absolute Gasteiger partial charge is 0.464 e. The minimum Gasteiger partial charge on any atom is -0.464 e. The average Bonchev–Trinajstić information content (AvgIpc) is 2.60. The molecule has 0 N–H and O–H groups in total. The molecule has 0 atom stereocenters. The predicted octanol–water partition coefficient (Wildman–Crippen LogP) is 2.09. The maximum absolute atomic E-state index is 11.4. The number of aryl methyl sites for hydroxylation is 2. The summed E-state index contributed by atoms with van der Waals surface area (Å²) < 4.78 is 9.67. The van der Waals surface area contributed by atoms with Gasteiger partial charge in [-0.25, -0.2) is 9.78 Å². The summed E-state index contributed by atoms with van der Waals surface area (Å²) in [5, 5.41) is 0. The molecule has 0 unspecified atom stereocenters. The van der Waals surface area contributed by atoms with Crippen molar-refractivity contribution in [2.24, 2.45) is 0 Å². The molecule has 0 radical (unpaired) electrons. The van der Waals surface area contributed by atoms with E-state index < -0.39 is 5.97 Å². The molecule has 0 saturated heterocycles. The number of carbonyl (C=O) groups is 1. The van der Waals surface area contributed by atoms with Gasteiger partial charge in [0.15, 0.2) is 5.69 Å². The van der Waals surface area contributed by atoms with Gasteiger partial charge in [0, 0.05) is 5.69 Å². The van der Waals surface area contributed by atoms with E-state index >= 15 is 0 Å². The molecule has 5 heteroatoms. The lowest BCUT2D eigenvalue weighted by Gasteiger charge is -1.98. The molecule has 2 aromatic heterocycles. The molecule has 15 heavy (non-hydrogen) atoms. The van der Waals surface area contributed by atoms with E-state index in [9.17, 15) is 4.79 Å². The van der Waals surface area contributed by atoms with Crippen molar-refractivity contribution in [3.63, 3.8) is 0 Å². The lowest BCUT2D eigenvalue weighted by Crippen LogP contribution is -2.02. The highest BCUT2D eigenvalue weighted by atomic mass is 32.1. The highest BCUT2D eigenvalue weighted by molar-refractivity contribution is 7.13. The summed E-state index contributed by atoms with van der Waals surface area (Å²) in [5.41, 5.74) is 2.92. The number of hydrogen-bond acceptors (Lipinski definition) is 5. The lowest BCUT2D eigenvalue weighted by atomic mass is 10.2. The molecule has 2 rings (SSSR count). The van der Waals surface area contributed by atoms with E-state index in [-0.39, 0.29) is 0 Å². The van der Waals surface area contributed by atoms with Crippen molar-refractivity contribution in [2.75, 3.05) is 7.11 Å². The summed E-state index contributed by atoms with van der Waals surface area (Å²) in [5.74, 6) is -0.432. The molecule has 0 aliphatic rings. The van der Waals surface area contributed by atoms with Crippen LogP contribution in [0.3, 0.4) is 0 Å². The molecule has 0 aliphatic heterocycles. The average molecular weight is 222 g/mol. The minimum atomic E-state index is -0.432. The molecule has 78 valence electrons. The van der Waals surface area contributed by atoms with Gasteiger partial charge in [0.25, 0.3) is 0 Å². The molecule has 0 spiro atoms. The third-order valence-corrected chi connectivity index (χ3v) is 3.09. The molecular formula is C10H10N2O2S. The molecule has 4 nitrogen and oxygen atoms in total. The molecule has 0 amide bonds. The Balaban J connectivity index is 2.74. The zero-order chi connectivity index (χ0) is 11.0. The first-order chi connectivity index (χ1) is 7.13. The normalized spacial score (nSPS) is 10.6. The van der Waals surface area contributed by atoms with Crippen LogP contribution in [0.4, 0.5) is 0 Å². The van der Waals surface area contributed by atoms with Gasteiger partial charge in [0.05, 0.1) is 11.8 Å². The van der Waals surface area contributed by atoms with E-state index in [1.54, 1.807) is 0 Å². The second-order valence-electron chi connectivity index (χ2n) is 3.28. The van der Waals surface area contributed by atoms with Gasteiger partial charge in [0.1, 0.15) is 5.52 Å². The highest BCUT2D eigenvalue weighted by Crippen LogP contribution is 2.25. The Hall–Kier alpha value is -1.49. The quantitative estimate of drug-likeness (QED) is 0.693. The van der Waals surface area contributed by atoms with Crippen molar-refractivity contribution < 1.29 is 9.53 Å². The molecule has 0 aromatic carbocycles. The van der Waals surface area contributed by atoms with Crippen LogP contribution < -0.4 is 0 Å². The van der Waals surface area contributed by atoms with E-state index in [0.29, 0.717) is 11.2 Å². The Kier molecular flexibility index (Phi) is 2.40. The van der Waals surface area contributed by atoms with Gasteiger partial charge in [0.2, 0.25) is 0 Å². The summed E-state index contributed by atoms with van der Waals surface area (Å²) in [6.07, 6.45) is 0. The number of pyridine rings is 1. The number of carbonyl (C=O) groups excluding carboxylic acids is 1. The number of methoxy groups -OCH3 is 1. The van der Waals surface area contributed by atoms with Gasteiger partial charge in [-0.05, 0) is 37.0 Å². The number of esters is 1. The van der Waals surface area contributed by atoms with Gasteiger partial charge < -0.3 is 4.74 Å². The lowest BCUT2D eigenvalue weighted by molar-refractivity contribution is 0.0597. The Morgan fingerprint density at radius 1 is 1.47 bits per heavy atom. The van der Waals surface area contributed by atoms with Crippen LogP contribution in [0.15, 0.2) is 6.07 Å². The first-order valence-electron chi connectivity index (χ1n) is 4.45. The van der Waals surface area contributed by atoms with Crippen molar-refractivity contribution in [2.45, 2.75) is 13.8 Å². The van der Waals surface area contributed by atoms with E-state index in [1.807, 2.05) is 19.9 Å². The van der Waals surface area contributed by atoms with E-state index in [1.165, 1.54) is 18.6 Å². The topological polar surface area (TPSA) is 52.1 Å². The molecule has 0 saturated carbocycles. The molecule has 2 heterocycles. The standard InChI is InChI=1S/C10H10N2O2S/c1-5-4-6(2)11-7-8(10(13)14-3)12-15-9(5)7/h4H,1-3H3. The van der Waals surface area contributed by atoms with Crippen LogP contribution in [0.25, 0.3) is 10.2 Å². The minimum absolute atomic E-state index is 0.310. The van der Waals surface area contributed by atoms with Crippen LogP contribution in [-0.4, -0.2) is 22.4 Å². The smallest absolute Gasteiger partial charge is 0.360 e. The summed E-state index contributed by atoms with van der Waals surface area (Å²) in [6.45, 7) is 3.88. The van der Waals surface area contributed by atoms with E-state index in [0.717, 1.165) is 16.0 Å². The molecule has 2 aromatic rings. The van der Waals surface area contributed by atoms with E-state index in [4.69, 9.17) is 0 Å². The Bertz CT molecular complexity index is 533. The summed E-state index contributed by atoms with van der Waals surface area (Å²) >= 11 is 1.28. The van der Waals surface area contributed by atoms with Gasteiger partial charge in [-0.3, -0.25) is 0 Å². The van der Waals surface area contributed by atoms with Gasteiger partial charge in [-0.1, -0.05) is 0 Å². The number of hydrogen-bond donors (Lipinski definition) is 0. The van der Waals surface area contributed by atoms with Crippen LogP contribution in [0.5, 0.6) is 0 Å². The number of nitrogens with zero attached hydrogens (tertiary/aromatic N) is 2. The predicted molar refractivity (Wildman–Crippen MR) is 58.2 cm³/mol. The number of fused-ring (bicyclic) bond motifs is 1.